The van der Waals surface area contributed by atoms with Crippen molar-refractivity contribution in [2.45, 2.75) is 31.7 Å². The Hall–Kier alpha value is -1.89. The van der Waals surface area contributed by atoms with Gasteiger partial charge in [-0.15, -0.1) is 0 Å². The van der Waals surface area contributed by atoms with Crippen LogP contribution in [0.25, 0.3) is 0 Å². The summed E-state index contributed by atoms with van der Waals surface area (Å²) in [6.45, 7) is 5.48. The highest BCUT2D eigenvalue weighted by atomic mass is 32.2. The molecular formula is C13H16N2O4S. The average molecular weight is 296 g/mol. The second kappa shape index (κ2) is 4.90. The molecule has 2 amide bonds. The molecule has 1 N–H and O–H groups in total. The van der Waals surface area contributed by atoms with Gasteiger partial charge in [0, 0.05) is 18.2 Å². The zero-order valence-electron chi connectivity index (χ0n) is 11.5. The molecule has 1 aromatic carbocycles. The minimum atomic E-state index is -3.86. The van der Waals surface area contributed by atoms with Gasteiger partial charge in [0.05, 0.1) is 5.56 Å². The van der Waals surface area contributed by atoms with Crippen molar-refractivity contribution in [2.75, 3.05) is 6.54 Å². The third-order valence-corrected chi connectivity index (χ3v) is 5.02. The topological polar surface area (TPSA) is 83.6 Å². The first-order valence-electron chi connectivity index (χ1n) is 6.31. The van der Waals surface area contributed by atoms with Gasteiger partial charge in [-0.25, -0.2) is 12.7 Å². The van der Waals surface area contributed by atoms with Gasteiger partial charge >= 0.3 is 0 Å². The molecule has 20 heavy (non-hydrogen) atoms. The van der Waals surface area contributed by atoms with E-state index in [0.717, 1.165) is 4.31 Å². The van der Waals surface area contributed by atoms with Crippen molar-refractivity contribution >= 4 is 21.8 Å². The van der Waals surface area contributed by atoms with Gasteiger partial charge in [-0.2, -0.15) is 0 Å². The van der Waals surface area contributed by atoms with Crippen molar-refractivity contribution in [3.05, 3.63) is 29.3 Å². The van der Waals surface area contributed by atoms with Crippen LogP contribution >= 0.6 is 0 Å². The van der Waals surface area contributed by atoms with Crippen molar-refractivity contribution in [2.24, 2.45) is 0 Å². The number of fused-ring (bicyclic) bond motifs is 1. The van der Waals surface area contributed by atoms with Crippen LogP contribution in [0.1, 0.15) is 41.5 Å². The SMILES string of the molecule is CCNC(=O)c1ccc2c(c1)S(=O)(=O)N(C(C)C)C2=O. The van der Waals surface area contributed by atoms with Gasteiger partial charge in [-0.05, 0) is 39.0 Å². The Balaban J connectivity index is 2.56. The normalized spacial score (nSPS) is 16.4. The van der Waals surface area contributed by atoms with Crippen LogP contribution in [0.2, 0.25) is 0 Å². The predicted molar refractivity (Wildman–Crippen MR) is 72.9 cm³/mol. The summed E-state index contributed by atoms with van der Waals surface area (Å²) in [5, 5.41) is 2.59. The summed E-state index contributed by atoms with van der Waals surface area (Å²) in [4.78, 5) is 23.8. The lowest BCUT2D eigenvalue weighted by Crippen LogP contribution is -2.36. The van der Waals surface area contributed by atoms with Crippen LogP contribution in [0.15, 0.2) is 23.1 Å². The number of carbonyl (C=O) groups excluding carboxylic acids is 2. The molecule has 108 valence electrons. The number of hydrogen-bond acceptors (Lipinski definition) is 4. The molecule has 0 fully saturated rings. The molecule has 6 nitrogen and oxygen atoms in total. The number of benzene rings is 1. The number of amides is 2. The van der Waals surface area contributed by atoms with Crippen LogP contribution in [-0.4, -0.2) is 37.1 Å². The first kappa shape index (κ1) is 14.5. The lowest BCUT2D eigenvalue weighted by molar-refractivity contribution is 0.0845. The number of sulfonamides is 1. The van der Waals surface area contributed by atoms with Gasteiger partial charge in [-0.1, -0.05) is 0 Å². The van der Waals surface area contributed by atoms with E-state index < -0.39 is 22.0 Å². The maximum atomic E-state index is 12.3. The van der Waals surface area contributed by atoms with Gasteiger partial charge in [-0.3, -0.25) is 9.59 Å². The molecule has 0 unspecified atom stereocenters. The van der Waals surface area contributed by atoms with Crippen LogP contribution in [0, 0.1) is 0 Å². The second-order valence-corrected chi connectivity index (χ2v) is 6.55. The van der Waals surface area contributed by atoms with E-state index in [9.17, 15) is 18.0 Å². The van der Waals surface area contributed by atoms with E-state index in [2.05, 4.69) is 5.32 Å². The Bertz CT molecular complexity index is 680. The summed E-state index contributed by atoms with van der Waals surface area (Å²) in [7, 11) is -3.86. The molecule has 1 heterocycles. The Kier molecular flexibility index (Phi) is 3.56. The summed E-state index contributed by atoms with van der Waals surface area (Å²) in [6, 6.07) is 3.65. The Morgan fingerprint density at radius 1 is 1.35 bits per heavy atom. The average Bonchev–Trinajstić information content (AvgIpc) is 2.57. The quantitative estimate of drug-likeness (QED) is 0.901. The number of nitrogens with one attached hydrogen (secondary N) is 1. The third-order valence-electron chi connectivity index (χ3n) is 3.02. The molecular weight excluding hydrogens is 280 g/mol. The third kappa shape index (κ3) is 2.07. The maximum Gasteiger partial charge on any atom is 0.269 e. The monoisotopic (exact) mass is 296 g/mol. The summed E-state index contributed by atoms with van der Waals surface area (Å²) in [5.41, 5.74) is 0.347. The van der Waals surface area contributed by atoms with Gasteiger partial charge in [0.1, 0.15) is 4.90 Å². The minimum absolute atomic E-state index is 0.0973. The van der Waals surface area contributed by atoms with E-state index in [-0.39, 0.29) is 21.9 Å². The van der Waals surface area contributed by atoms with Crippen LogP contribution in [0.5, 0.6) is 0 Å². The standard InChI is InChI=1S/C13H16N2O4S/c1-4-14-12(16)9-5-6-10-11(7-9)20(18,19)15(8(2)3)13(10)17/h5-8H,4H2,1-3H3,(H,14,16). The maximum absolute atomic E-state index is 12.3. The number of nitrogens with zero attached hydrogens (tertiary/aromatic N) is 1. The summed E-state index contributed by atoms with van der Waals surface area (Å²) < 4.78 is 25.5. The highest BCUT2D eigenvalue weighted by Gasteiger charge is 2.42. The molecule has 0 aromatic heterocycles. The zero-order chi connectivity index (χ0) is 15.1. The van der Waals surface area contributed by atoms with Crippen LogP contribution in [-0.2, 0) is 10.0 Å². The number of rotatable bonds is 3. The molecule has 0 spiro atoms. The van der Waals surface area contributed by atoms with Crippen molar-refractivity contribution in [3.8, 4) is 0 Å². The molecule has 0 aliphatic carbocycles. The van der Waals surface area contributed by atoms with Gasteiger partial charge in [0.25, 0.3) is 21.8 Å². The fraction of sp³-hybridized carbons (Fsp3) is 0.385. The second-order valence-electron chi connectivity index (χ2n) is 4.77. The molecule has 1 aromatic rings. The van der Waals surface area contributed by atoms with E-state index in [0.29, 0.717) is 6.54 Å². The predicted octanol–water partition coefficient (Wildman–Crippen LogP) is 0.989. The highest BCUT2D eigenvalue weighted by molar-refractivity contribution is 7.90. The Morgan fingerprint density at radius 3 is 2.55 bits per heavy atom. The molecule has 0 bridgehead atoms. The van der Waals surface area contributed by atoms with Gasteiger partial charge in [0.2, 0.25) is 0 Å². The largest absolute Gasteiger partial charge is 0.352 e. The smallest absolute Gasteiger partial charge is 0.269 e. The van der Waals surface area contributed by atoms with Crippen molar-refractivity contribution in [1.82, 2.24) is 9.62 Å². The first-order valence-corrected chi connectivity index (χ1v) is 7.75. The van der Waals surface area contributed by atoms with Crippen LogP contribution in [0.4, 0.5) is 0 Å². The van der Waals surface area contributed by atoms with Crippen LogP contribution < -0.4 is 5.32 Å². The van der Waals surface area contributed by atoms with Crippen molar-refractivity contribution in [1.29, 1.82) is 0 Å². The molecule has 2 rings (SSSR count). The number of hydrogen-bond donors (Lipinski definition) is 1. The summed E-state index contributed by atoms with van der Waals surface area (Å²) in [6.07, 6.45) is 0. The van der Waals surface area contributed by atoms with Crippen molar-refractivity contribution < 1.29 is 18.0 Å². The van der Waals surface area contributed by atoms with Crippen molar-refractivity contribution in [3.63, 3.8) is 0 Å². The Labute approximate surface area is 117 Å². The lowest BCUT2D eigenvalue weighted by atomic mass is 10.1. The van der Waals surface area contributed by atoms with E-state index in [1.807, 2.05) is 0 Å². The fourth-order valence-electron chi connectivity index (χ4n) is 2.16. The molecule has 0 saturated carbocycles. The summed E-state index contributed by atoms with van der Waals surface area (Å²) >= 11 is 0. The first-order chi connectivity index (χ1) is 9.30. The van der Waals surface area contributed by atoms with E-state index in [1.165, 1.54) is 18.2 Å². The Morgan fingerprint density at radius 2 is 2.00 bits per heavy atom. The molecule has 1 aliphatic heterocycles. The van der Waals surface area contributed by atoms with E-state index in [1.54, 1.807) is 20.8 Å². The molecule has 0 radical (unpaired) electrons. The lowest BCUT2D eigenvalue weighted by Gasteiger charge is -2.18. The van der Waals surface area contributed by atoms with E-state index in [4.69, 9.17) is 0 Å². The minimum Gasteiger partial charge on any atom is -0.352 e. The van der Waals surface area contributed by atoms with Gasteiger partial charge < -0.3 is 5.32 Å². The molecule has 1 aliphatic rings. The zero-order valence-corrected chi connectivity index (χ0v) is 12.3. The summed E-state index contributed by atoms with van der Waals surface area (Å²) in [5.74, 6) is -0.904. The fourth-order valence-corrected chi connectivity index (χ4v) is 3.95. The van der Waals surface area contributed by atoms with E-state index >= 15 is 0 Å². The van der Waals surface area contributed by atoms with Crippen LogP contribution in [0.3, 0.4) is 0 Å². The van der Waals surface area contributed by atoms with Gasteiger partial charge in [0.15, 0.2) is 0 Å². The molecule has 7 heteroatoms. The number of carbonyl (C=O) groups is 2. The molecule has 0 saturated heterocycles. The molecule has 0 atom stereocenters. The highest BCUT2D eigenvalue weighted by Crippen LogP contribution is 2.32.